The van der Waals surface area contributed by atoms with Crippen LogP contribution in [-0.2, 0) is 22.5 Å². The Bertz CT molecular complexity index is 1140. The topological polar surface area (TPSA) is 95.9 Å². The molecule has 4 rings (SSSR count). The van der Waals surface area contributed by atoms with Crippen LogP contribution >= 0.6 is 0 Å². The van der Waals surface area contributed by atoms with Crippen LogP contribution in [0, 0.1) is 5.82 Å². The van der Waals surface area contributed by atoms with Gasteiger partial charge in [-0.05, 0) is 17.3 Å². The van der Waals surface area contributed by atoms with E-state index in [9.17, 15) is 9.18 Å². The number of carbonyl (C=O) groups excluding carboxylic acids is 1. The molecular formula is C22H20FN5O3. The van der Waals surface area contributed by atoms with Crippen LogP contribution < -0.4 is 0 Å². The molecule has 0 N–H and O–H groups in total. The fourth-order valence-electron chi connectivity index (χ4n) is 2.93. The van der Waals surface area contributed by atoms with E-state index >= 15 is 0 Å². The van der Waals surface area contributed by atoms with Crippen molar-refractivity contribution in [3.63, 3.8) is 0 Å². The molecule has 0 fully saturated rings. The monoisotopic (exact) mass is 421 g/mol. The fourth-order valence-corrected chi connectivity index (χ4v) is 2.93. The Balaban J connectivity index is 1.18. The molecule has 0 aliphatic rings. The fraction of sp³-hybridized carbons (Fsp3) is 0.227. The number of oxazole rings is 1. The Kier molecular flexibility index (Phi) is 6.41. The quantitative estimate of drug-likeness (QED) is 0.300. The maximum Gasteiger partial charge on any atom is 0.306 e. The number of nitrogens with zero attached hydrogens (tertiary/aromatic N) is 5. The van der Waals surface area contributed by atoms with E-state index in [2.05, 4.69) is 20.4 Å². The number of aromatic nitrogens is 5. The number of hydrogen-bond acceptors (Lipinski definition) is 7. The maximum absolute atomic E-state index is 13.8. The zero-order valence-corrected chi connectivity index (χ0v) is 16.6. The van der Waals surface area contributed by atoms with Crippen LogP contribution in [0.3, 0.4) is 0 Å². The molecule has 0 spiro atoms. The molecule has 158 valence electrons. The van der Waals surface area contributed by atoms with Crippen molar-refractivity contribution in [2.24, 2.45) is 0 Å². The highest BCUT2D eigenvalue weighted by Crippen LogP contribution is 2.23. The lowest BCUT2D eigenvalue weighted by molar-refractivity contribution is -0.143. The Morgan fingerprint density at radius 1 is 1.10 bits per heavy atom. The molecule has 31 heavy (non-hydrogen) atoms. The highest BCUT2D eigenvalue weighted by molar-refractivity contribution is 5.69. The molecule has 0 atom stereocenters. The van der Waals surface area contributed by atoms with Gasteiger partial charge < -0.3 is 9.15 Å². The average Bonchev–Trinajstić information content (AvgIpc) is 3.46. The summed E-state index contributed by atoms with van der Waals surface area (Å²) in [6.07, 6.45) is 2.41. The van der Waals surface area contributed by atoms with Crippen molar-refractivity contribution < 1.29 is 18.3 Å². The van der Waals surface area contributed by atoms with Crippen molar-refractivity contribution in [3.8, 4) is 22.7 Å². The molecule has 9 heteroatoms. The summed E-state index contributed by atoms with van der Waals surface area (Å²) in [6.45, 7) is 0.728. The van der Waals surface area contributed by atoms with Crippen LogP contribution in [0.15, 0.2) is 65.2 Å². The minimum Gasteiger partial charge on any atom is -0.466 e. The number of tetrazole rings is 1. The third-order valence-electron chi connectivity index (χ3n) is 4.49. The average molecular weight is 421 g/mol. The first kappa shape index (κ1) is 20.4. The molecule has 0 amide bonds. The summed E-state index contributed by atoms with van der Waals surface area (Å²) in [5, 5.41) is 12.3. The number of ether oxygens (including phenoxy) is 1. The number of carbonyl (C=O) groups is 1. The second kappa shape index (κ2) is 9.75. The highest BCUT2D eigenvalue weighted by Gasteiger charge is 2.12. The lowest BCUT2D eigenvalue weighted by atomic mass is 10.2. The van der Waals surface area contributed by atoms with E-state index < -0.39 is 0 Å². The van der Waals surface area contributed by atoms with Crippen molar-refractivity contribution >= 4 is 5.97 Å². The van der Waals surface area contributed by atoms with Crippen molar-refractivity contribution in [2.45, 2.75) is 25.8 Å². The Labute approximate surface area is 177 Å². The van der Waals surface area contributed by atoms with Crippen LogP contribution in [0.1, 0.15) is 18.7 Å². The van der Waals surface area contributed by atoms with Crippen LogP contribution in [0.5, 0.6) is 0 Å². The Morgan fingerprint density at radius 2 is 1.90 bits per heavy atom. The standard InChI is InChI=1S/C22H20FN5O3/c23-18-10-5-4-9-17(18)19-15-24-20(31-19)11-12-21(29)30-14-6-13-28-26-22(25-27-28)16-7-2-1-3-8-16/h1-5,7-10,15H,6,11-14H2. The normalized spacial score (nSPS) is 10.9. The number of aryl methyl sites for hydroxylation is 2. The summed E-state index contributed by atoms with van der Waals surface area (Å²) in [4.78, 5) is 17.5. The molecule has 0 unspecified atom stereocenters. The van der Waals surface area contributed by atoms with Crippen molar-refractivity contribution in [1.82, 2.24) is 25.2 Å². The molecule has 0 aliphatic heterocycles. The molecule has 2 heterocycles. The maximum atomic E-state index is 13.8. The van der Waals surface area contributed by atoms with Gasteiger partial charge in [0.2, 0.25) is 5.82 Å². The van der Waals surface area contributed by atoms with E-state index in [4.69, 9.17) is 9.15 Å². The number of esters is 1. The molecule has 2 aromatic carbocycles. The van der Waals surface area contributed by atoms with Crippen LogP contribution in [-0.4, -0.2) is 37.8 Å². The predicted molar refractivity (Wildman–Crippen MR) is 109 cm³/mol. The summed E-state index contributed by atoms with van der Waals surface area (Å²) in [6, 6.07) is 15.9. The number of rotatable bonds is 9. The van der Waals surface area contributed by atoms with Crippen molar-refractivity contribution in [2.75, 3.05) is 6.61 Å². The molecule has 0 radical (unpaired) electrons. The van der Waals surface area contributed by atoms with E-state index in [1.165, 1.54) is 17.1 Å². The van der Waals surface area contributed by atoms with Gasteiger partial charge in [-0.15, -0.1) is 10.2 Å². The van der Waals surface area contributed by atoms with Gasteiger partial charge in [0, 0.05) is 18.4 Å². The zero-order chi connectivity index (χ0) is 21.5. The molecule has 2 aromatic heterocycles. The van der Waals surface area contributed by atoms with Crippen LogP contribution in [0.2, 0.25) is 0 Å². The zero-order valence-electron chi connectivity index (χ0n) is 16.6. The Hall–Kier alpha value is -3.88. The molecule has 0 saturated carbocycles. The van der Waals surface area contributed by atoms with Gasteiger partial charge in [0.1, 0.15) is 5.82 Å². The second-order valence-electron chi connectivity index (χ2n) is 6.75. The number of hydrogen-bond donors (Lipinski definition) is 0. The predicted octanol–water partition coefficient (Wildman–Crippen LogP) is 3.70. The third kappa shape index (κ3) is 5.39. The largest absolute Gasteiger partial charge is 0.466 e. The first-order valence-corrected chi connectivity index (χ1v) is 9.87. The number of benzene rings is 2. The highest BCUT2D eigenvalue weighted by atomic mass is 19.1. The summed E-state index contributed by atoms with van der Waals surface area (Å²) in [5.74, 6) is 0.495. The van der Waals surface area contributed by atoms with E-state index in [-0.39, 0.29) is 31.2 Å². The molecule has 0 aliphatic carbocycles. The van der Waals surface area contributed by atoms with Gasteiger partial charge in [-0.1, -0.05) is 42.5 Å². The van der Waals surface area contributed by atoms with E-state index in [1.807, 2.05) is 30.3 Å². The van der Waals surface area contributed by atoms with Gasteiger partial charge in [0.05, 0.1) is 31.3 Å². The van der Waals surface area contributed by atoms with Crippen molar-refractivity contribution in [3.05, 3.63) is 72.5 Å². The minimum atomic E-state index is -0.387. The molecule has 0 saturated heterocycles. The summed E-state index contributed by atoms with van der Waals surface area (Å²) >= 11 is 0. The van der Waals surface area contributed by atoms with Crippen LogP contribution in [0.25, 0.3) is 22.7 Å². The summed E-state index contributed by atoms with van der Waals surface area (Å²) < 4.78 is 24.6. The smallest absolute Gasteiger partial charge is 0.306 e. The third-order valence-corrected chi connectivity index (χ3v) is 4.49. The van der Waals surface area contributed by atoms with E-state index in [0.717, 1.165) is 5.56 Å². The van der Waals surface area contributed by atoms with E-state index in [0.29, 0.717) is 36.0 Å². The minimum absolute atomic E-state index is 0.122. The Morgan fingerprint density at radius 3 is 2.74 bits per heavy atom. The molecule has 8 nitrogen and oxygen atoms in total. The second-order valence-corrected chi connectivity index (χ2v) is 6.75. The first-order valence-electron chi connectivity index (χ1n) is 9.87. The summed E-state index contributed by atoms with van der Waals surface area (Å²) in [7, 11) is 0. The SMILES string of the molecule is O=C(CCc1ncc(-c2ccccc2F)o1)OCCCn1nnc(-c2ccccc2)n1. The van der Waals surface area contributed by atoms with Gasteiger partial charge in [-0.25, -0.2) is 9.37 Å². The number of halogens is 1. The molecule has 4 aromatic rings. The van der Waals surface area contributed by atoms with Gasteiger partial charge in [-0.2, -0.15) is 4.80 Å². The lowest BCUT2D eigenvalue weighted by Gasteiger charge is -2.03. The van der Waals surface area contributed by atoms with E-state index in [1.54, 1.807) is 18.2 Å². The first-order chi connectivity index (χ1) is 15.2. The van der Waals surface area contributed by atoms with Gasteiger partial charge >= 0.3 is 5.97 Å². The van der Waals surface area contributed by atoms with Gasteiger partial charge in [-0.3, -0.25) is 4.79 Å². The molecular weight excluding hydrogens is 401 g/mol. The van der Waals surface area contributed by atoms with Gasteiger partial charge in [0.15, 0.2) is 11.7 Å². The molecule has 0 bridgehead atoms. The summed E-state index contributed by atoms with van der Waals surface area (Å²) in [5.41, 5.74) is 1.23. The van der Waals surface area contributed by atoms with Crippen LogP contribution in [0.4, 0.5) is 4.39 Å². The van der Waals surface area contributed by atoms with Gasteiger partial charge in [0.25, 0.3) is 0 Å². The lowest BCUT2D eigenvalue weighted by Crippen LogP contribution is -2.10. The van der Waals surface area contributed by atoms with Crippen molar-refractivity contribution in [1.29, 1.82) is 0 Å².